The lowest BCUT2D eigenvalue weighted by Crippen LogP contribution is -2.17. The molecule has 0 aliphatic carbocycles. The van der Waals surface area contributed by atoms with Crippen molar-refractivity contribution in [3.8, 4) is 0 Å². The molecule has 0 atom stereocenters. The predicted octanol–water partition coefficient (Wildman–Crippen LogP) is -0.659. The van der Waals surface area contributed by atoms with Gasteiger partial charge in [-0.1, -0.05) is 0 Å². The number of alkyl carbamates (subject to hydrolysis) is 1. The molecule has 0 aliphatic rings. The van der Waals surface area contributed by atoms with E-state index in [0.29, 0.717) is 0 Å². The fourth-order valence-corrected chi connectivity index (χ4v) is 0.251. The molecule has 0 aromatic rings. The first kappa shape index (κ1) is 8.48. The van der Waals surface area contributed by atoms with Gasteiger partial charge in [0, 0.05) is 12.3 Å². The molecule has 10 heavy (non-hydrogen) atoms. The number of rotatable bonds is 2. The summed E-state index contributed by atoms with van der Waals surface area (Å²) in [5.74, 6) is -0.628. The van der Waals surface area contributed by atoms with Crippen molar-refractivity contribution >= 4 is 12.0 Å². The van der Waals surface area contributed by atoms with Crippen LogP contribution in [0.2, 0.25) is 0 Å². The third kappa shape index (κ3) is 4.63. The molecule has 0 aromatic heterocycles. The molecule has 0 spiro atoms. The number of carbonyl (C=O) groups is 2. The van der Waals surface area contributed by atoms with Crippen LogP contribution in [0.4, 0.5) is 4.79 Å². The molecule has 56 valence electrons. The molecular formula is C5H8N2O3. The van der Waals surface area contributed by atoms with Gasteiger partial charge in [0.2, 0.25) is 5.91 Å². The maximum Gasteiger partial charge on any atom is 0.410 e. The van der Waals surface area contributed by atoms with Crippen LogP contribution in [0.1, 0.15) is 0 Å². The largest absolute Gasteiger partial charge is 0.453 e. The SMILES string of the molecule is COC(=O)N/C=C/C(N)=O. The summed E-state index contributed by atoms with van der Waals surface area (Å²) in [5, 5.41) is 2.12. The van der Waals surface area contributed by atoms with E-state index in [1.54, 1.807) is 0 Å². The number of hydrogen-bond donors (Lipinski definition) is 2. The zero-order valence-electron chi connectivity index (χ0n) is 5.46. The Labute approximate surface area is 57.8 Å². The summed E-state index contributed by atoms with van der Waals surface area (Å²) < 4.78 is 4.18. The lowest BCUT2D eigenvalue weighted by atomic mass is 10.6. The number of nitrogens with one attached hydrogen (secondary N) is 1. The van der Waals surface area contributed by atoms with Crippen LogP contribution in [0.15, 0.2) is 12.3 Å². The Morgan fingerprint density at radius 3 is 2.60 bits per heavy atom. The van der Waals surface area contributed by atoms with Crippen molar-refractivity contribution in [2.24, 2.45) is 5.73 Å². The van der Waals surface area contributed by atoms with Crippen LogP contribution in [0.25, 0.3) is 0 Å². The van der Waals surface area contributed by atoms with E-state index < -0.39 is 12.0 Å². The van der Waals surface area contributed by atoms with Crippen molar-refractivity contribution < 1.29 is 14.3 Å². The molecule has 0 radical (unpaired) electrons. The van der Waals surface area contributed by atoms with Gasteiger partial charge in [0.15, 0.2) is 0 Å². The van der Waals surface area contributed by atoms with Crippen LogP contribution in [-0.2, 0) is 9.53 Å². The van der Waals surface area contributed by atoms with E-state index in [4.69, 9.17) is 5.73 Å². The summed E-state index contributed by atoms with van der Waals surface area (Å²) in [6.07, 6.45) is 1.47. The number of ether oxygens (including phenoxy) is 1. The van der Waals surface area contributed by atoms with Gasteiger partial charge in [-0.2, -0.15) is 0 Å². The quantitative estimate of drug-likeness (QED) is 0.505. The molecule has 3 N–H and O–H groups in total. The van der Waals surface area contributed by atoms with Crippen LogP contribution in [0.3, 0.4) is 0 Å². The normalized spacial score (nSPS) is 9.30. The number of primary amides is 1. The summed E-state index contributed by atoms with van der Waals surface area (Å²) in [7, 11) is 1.22. The van der Waals surface area contributed by atoms with Crippen molar-refractivity contribution in [1.82, 2.24) is 5.32 Å². The molecule has 0 heterocycles. The Bertz CT molecular complexity index is 164. The Kier molecular flexibility index (Phi) is 3.70. The zero-order chi connectivity index (χ0) is 7.98. The average Bonchev–Trinajstić information content (AvgIpc) is 1.87. The molecule has 0 saturated heterocycles. The molecule has 0 fully saturated rings. The second kappa shape index (κ2) is 4.37. The van der Waals surface area contributed by atoms with Crippen LogP contribution >= 0.6 is 0 Å². The van der Waals surface area contributed by atoms with Gasteiger partial charge in [0.25, 0.3) is 0 Å². The first-order valence-corrected chi connectivity index (χ1v) is 2.47. The highest BCUT2D eigenvalue weighted by Crippen LogP contribution is 1.70. The zero-order valence-corrected chi connectivity index (χ0v) is 5.46. The van der Waals surface area contributed by atoms with E-state index in [1.807, 2.05) is 0 Å². The van der Waals surface area contributed by atoms with Crippen LogP contribution < -0.4 is 11.1 Å². The highest BCUT2D eigenvalue weighted by molar-refractivity contribution is 5.86. The van der Waals surface area contributed by atoms with E-state index >= 15 is 0 Å². The van der Waals surface area contributed by atoms with Crippen molar-refractivity contribution in [3.05, 3.63) is 12.3 Å². The number of nitrogens with two attached hydrogens (primary N) is 1. The van der Waals surface area contributed by atoms with Gasteiger partial charge in [-0.15, -0.1) is 0 Å². The monoisotopic (exact) mass is 144 g/mol. The number of amides is 2. The Morgan fingerprint density at radius 1 is 1.60 bits per heavy atom. The van der Waals surface area contributed by atoms with Gasteiger partial charge in [-0.3, -0.25) is 10.1 Å². The van der Waals surface area contributed by atoms with E-state index in [9.17, 15) is 9.59 Å². The van der Waals surface area contributed by atoms with Crippen LogP contribution in [0.5, 0.6) is 0 Å². The summed E-state index contributed by atoms with van der Waals surface area (Å²) in [4.78, 5) is 20.3. The molecule has 0 unspecified atom stereocenters. The Hall–Kier alpha value is -1.52. The second-order valence-electron chi connectivity index (χ2n) is 1.37. The number of carbonyl (C=O) groups excluding carboxylic acids is 2. The molecule has 0 rings (SSSR count). The summed E-state index contributed by atoms with van der Waals surface area (Å²) in [6.45, 7) is 0. The summed E-state index contributed by atoms with van der Waals surface area (Å²) in [5.41, 5.74) is 4.70. The van der Waals surface area contributed by atoms with Crippen molar-refractivity contribution in [2.45, 2.75) is 0 Å². The van der Waals surface area contributed by atoms with Gasteiger partial charge < -0.3 is 10.5 Å². The Balaban J connectivity index is 3.53. The fraction of sp³-hybridized carbons (Fsp3) is 0.200. The van der Waals surface area contributed by atoms with Crippen molar-refractivity contribution in [2.75, 3.05) is 7.11 Å². The summed E-state index contributed by atoms with van der Waals surface area (Å²) >= 11 is 0. The molecule has 5 heteroatoms. The molecular weight excluding hydrogens is 136 g/mol. The predicted molar refractivity (Wildman–Crippen MR) is 33.9 cm³/mol. The lowest BCUT2D eigenvalue weighted by Gasteiger charge is -1.93. The second-order valence-corrected chi connectivity index (χ2v) is 1.37. The lowest BCUT2D eigenvalue weighted by molar-refractivity contribution is -0.113. The molecule has 2 amide bonds. The maximum atomic E-state index is 10.3. The first-order chi connectivity index (χ1) is 4.66. The van der Waals surface area contributed by atoms with Gasteiger partial charge in [0.05, 0.1) is 7.11 Å². The fourth-order valence-electron chi connectivity index (χ4n) is 0.251. The minimum absolute atomic E-state index is 0.628. The van der Waals surface area contributed by atoms with Crippen LogP contribution in [-0.4, -0.2) is 19.1 Å². The van der Waals surface area contributed by atoms with E-state index in [2.05, 4.69) is 10.1 Å². The average molecular weight is 144 g/mol. The third-order valence-electron chi connectivity index (χ3n) is 0.634. The Morgan fingerprint density at radius 2 is 2.20 bits per heavy atom. The smallest absolute Gasteiger partial charge is 0.410 e. The molecule has 0 aromatic carbocycles. The standard InChI is InChI=1S/C5H8N2O3/c1-10-5(9)7-3-2-4(6)8/h2-3H,1H3,(H2,6,8)(H,7,9)/b3-2+. The van der Waals surface area contributed by atoms with Crippen molar-refractivity contribution in [3.63, 3.8) is 0 Å². The van der Waals surface area contributed by atoms with Gasteiger partial charge >= 0.3 is 6.09 Å². The molecule has 5 nitrogen and oxygen atoms in total. The van der Waals surface area contributed by atoms with Crippen LogP contribution in [0, 0.1) is 0 Å². The first-order valence-electron chi connectivity index (χ1n) is 2.47. The van der Waals surface area contributed by atoms with E-state index in [-0.39, 0.29) is 0 Å². The number of hydrogen-bond acceptors (Lipinski definition) is 3. The van der Waals surface area contributed by atoms with Gasteiger partial charge in [-0.25, -0.2) is 4.79 Å². The minimum atomic E-state index is -0.641. The van der Waals surface area contributed by atoms with Gasteiger partial charge in [-0.05, 0) is 0 Å². The maximum absolute atomic E-state index is 10.3. The molecule has 0 bridgehead atoms. The number of methoxy groups -OCH3 is 1. The van der Waals surface area contributed by atoms with E-state index in [0.717, 1.165) is 12.3 Å². The summed E-state index contributed by atoms with van der Waals surface area (Å²) in [6, 6.07) is 0. The molecule has 0 aliphatic heterocycles. The van der Waals surface area contributed by atoms with Gasteiger partial charge in [0.1, 0.15) is 0 Å². The molecule has 0 saturated carbocycles. The highest BCUT2D eigenvalue weighted by Gasteiger charge is 1.90. The topological polar surface area (TPSA) is 81.4 Å². The van der Waals surface area contributed by atoms with E-state index in [1.165, 1.54) is 7.11 Å². The minimum Gasteiger partial charge on any atom is -0.453 e. The highest BCUT2D eigenvalue weighted by atomic mass is 16.5. The van der Waals surface area contributed by atoms with Crippen molar-refractivity contribution in [1.29, 1.82) is 0 Å². The third-order valence-corrected chi connectivity index (χ3v) is 0.634.